The van der Waals surface area contributed by atoms with Gasteiger partial charge in [-0.1, -0.05) is 44.0 Å². The Morgan fingerprint density at radius 1 is 1.18 bits per heavy atom. The third kappa shape index (κ3) is 3.76. The highest BCUT2D eigenvalue weighted by Crippen LogP contribution is 2.40. The highest BCUT2D eigenvalue weighted by Gasteiger charge is 2.36. The fourth-order valence-electron chi connectivity index (χ4n) is 5.28. The van der Waals surface area contributed by atoms with Crippen molar-refractivity contribution >= 4 is 11.3 Å². The fraction of sp³-hybridized carbons (Fsp3) is 0.241. The van der Waals surface area contributed by atoms with Crippen molar-refractivity contribution < 1.29 is 9.30 Å². The first-order chi connectivity index (χ1) is 16.0. The van der Waals surface area contributed by atoms with E-state index in [9.17, 15) is 0 Å². The molecule has 2 aromatic rings. The van der Waals surface area contributed by atoms with Gasteiger partial charge in [0.15, 0.2) is 18.6 Å². The maximum atomic E-state index is 5.94. The quantitative estimate of drug-likeness (QED) is 0.497. The Labute approximate surface area is 196 Å². The molecule has 0 spiro atoms. The van der Waals surface area contributed by atoms with Crippen LogP contribution in [0.15, 0.2) is 103 Å². The number of hydrogen-bond donors (Lipinski definition) is 1. The van der Waals surface area contributed by atoms with Crippen molar-refractivity contribution in [2.24, 2.45) is 4.99 Å². The molecule has 1 aromatic heterocycles. The second-order valence-electron chi connectivity index (χ2n) is 9.05. The average Bonchev–Trinajstić information content (AvgIpc) is 2.95. The maximum absolute atomic E-state index is 5.94. The van der Waals surface area contributed by atoms with Gasteiger partial charge in [-0.2, -0.15) is 4.57 Å². The van der Waals surface area contributed by atoms with E-state index >= 15 is 0 Å². The third-order valence-electron chi connectivity index (χ3n) is 6.86. The molecule has 5 rings (SSSR count). The summed E-state index contributed by atoms with van der Waals surface area (Å²) >= 11 is 0. The van der Waals surface area contributed by atoms with Crippen molar-refractivity contribution in [3.05, 3.63) is 120 Å². The van der Waals surface area contributed by atoms with Crippen LogP contribution < -0.4 is 9.88 Å². The number of fused-ring (bicyclic) bond motifs is 5. The van der Waals surface area contributed by atoms with Crippen molar-refractivity contribution in [3.8, 4) is 0 Å². The smallest absolute Gasteiger partial charge is 0.216 e. The number of benzene rings is 1. The van der Waals surface area contributed by atoms with E-state index in [0.29, 0.717) is 24.7 Å². The molecule has 3 aliphatic heterocycles. The molecule has 2 unspecified atom stereocenters. The zero-order valence-corrected chi connectivity index (χ0v) is 19.2. The van der Waals surface area contributed by atoms with Gasteiger partial charge in [-0.25, -0.2) is 0 Å². The summed E-state index contributed by atoms with van der Waals surface area (Å²) in [4.78, 5) is 5.16. The van der Waals surface area contributed by atoms with Crippen LogP contribution in [0.3, 0.4) is 0 Å². The van der Waals surface area contributed by atoms with Gasteiger partial charge in [0.1, 0.15) is 5.76 Å². The van der Waals surface area contributed by atoms with Crippen LogP contribution in [0, 0.1) is 6.92 Å². The molecule has 0 fully saturated rings. The van der Waals surface area contributed by atoms with E-state index in [4.69, 9.17) is 9.73 Å². The minimum atomic E-state index is 0.00450. The molecule has 166 valence electrons. The van der Waals surface area contributed by atoms with Crippen LogP contribution in [-0.2, 0) is 11.3 Å². The van der Waals surface area contributed by atoms with Crippen molar-refractivity contribution in [2.75, 3.05) is 6.54 Å². The number of aliphatic imine (C=N–C) groups is 1. The van der Waals surface area contributed by atoms with Crippen molar-refractivity contribution in [3.63, 3.8) is 0 Å². The minimum absolute atomic E-state index is 0.00450. The highest BCUT2D eigenvalue weighted by atomic mass is 16.5. The lowest BCUT2D eigenvalue weighted by Gasteiger charge is -2.33. The van der Waals surface area contributed by atoms with E-state index in [2.05, 4.69) is 85.7 Å². The largest absolute Gasteiger partial charge is 0.442 e. The molecule has 0 bridgehead atoms. The van der Waals surface area contributed by atoms with E-state index in [0.717, 1.165) is 35.4 Å². The van der Waals surface area contributed by atoms with Crippen molar-refractivity contribution in [1.82, 2.24) is 5.32 Å². The molecule has 0 saturated carbocycles. The predicted molar refractivity (Wildman–Crippen MR) is 134 cm³/mol. The molecule has 0 radical (unpaired) electrons. The topological polar surface area (TPSA) is 37.5 Å². The van der Waals surface area contributed by atoms with E-state index in [1.54, 1.807) is 0 Å². The molecular formula is C29H30N3O+. The Morgan fingerprint density at radius 2 is 2.00 bits per heavy atom. The molecule has 3 aliphatic rings. The molecule has 4 nitrogen and oxygen atoms in total. The van der Waals surface area contributed by atoms with Crippen LogP contribution in [0.25, 0.3) is 5.57 Å². The minimum Gasteiger partial charge on any atom is -0.442 e. The van der Waals surface area contributed by atoms with Gasteiger partial charge >= 0.3 is 0 Å². The summed E-state index contributed by atoms with van der Waals surface area (Å²) in [6, 6.07) is 12.9. The summed E-state index contributed by atoms with van der Waals surface area (Å²) in [7, 11) is 0. The Balaban J connectivity index is 1.69. The molecule has 1 N–H and O–H groups in total. The third-order valence-corrected chi connectivity index (χ3v) is 6.86. The summed E-state index contributed by atoms with van der Waals surface area (Å²) in [5, 5.41) is 3.32. The lowest BCUT2D eigenvalue weighted by molar-refractivity contribution is -0.691. The van der Waals surface area contributed by atoms with Crippen LogP contribution in [-0.4, -0.2) is 18.3 Å². The summed E-state index contributed by atoms with van der Waals surface area (Å²) in [6.45, 7) is 20.3. The lowest BCUT2D eigenvalue weighted by atomic mass is 9.77. The SMILES string of the molecule is C=CC1=NC2C(=C)C[n+]3ccc(C)cc3C3=C(CCC2c2ccccc21)CNC(=C)OC3=C. The van der Waals surface area contributed by atoms with Crippen molar-refractivity contribution in [2.45, 2.75) is 38.3 Å². The number of nitrogens with zero attached hydrogens (tertiary/aromatic N) is 2. The number of aryl methyl sites for hydroxylation is 1. The van der Waals surface area contributed by atoms with Crippen LogP contribution in [0.2, 0.25) is 0 Å². The molecule has 4 heteroatoms. The monoisotopic (exact) mass is 436 g/mol. The van der Waals surface area contributed by atoms with E-state index < -0.39 is 0 Å². The van der Waals surface area contributed by atoms with Crippen molar-refractivity contribution in [1.29, 1.82) is 0 Å². The van der Waals surface area contributed by atoms with Crippen LogP contribution in [0.1, 0.15) is 41.1 Å². The Bertz CT molecular complexity index is 1260. The number of nitrogens with one attached hydrogen (secondary N) is 1. The first kappa shape index (κ1) is 21.2. The summed E-state index contributed by atoms with van der Waals surface area (Å²) in [5.41, 5.74) is 9.18. The van der Waals surface area contributed by atoms with Gasteiger partial charge in [0, 0.05) is 35.7 Å². The van der Waals surface area contributed by atoms with Crippen LogP contribution in [0.5, 0.6) is 0 Å². The summed E-state index contributed by atoms with van der Waals surface area (Å²) in [5.74, 6) is 1.42. The zero-order valence-electron chi connectivity index (χ0n) is 19.2. The van der Waals surface area contributed by atoms with Crippen LogP contribution >= 0.6 is 0 Å². The molecule has 2 atom stereocenters. The first-order valence-corrected chi connectivity index (χ1v) is 11.5. The zero-order chi connectivity index (χ0) is 23.1. The van der Waals surface area contributed by atoms with Gasteiger partial charge < -0.3 is 10.1 Å². The maximum Gasteiger partial charge on any atom is 0.216 e. The molecular weight excluding hydrogens is 406 g/mol. The number of hydrogen-bond acceptors (Lipinski definition) is 3. The average molecular weight is 437 g/mol. The first-order valence-electron chi connectivity index (χ1n) is 11.5. The van der Waals surface area contributed by atoms with Gasteiger partial charge in [0.25, 0.3) is 0 Å². The molecule has 0 amide bonds. The summed E-state index contributed by atoms with van der Waals surface area (Å²) in [6.07, 6.45) is 5.86. The number of aromatic nitrogens is 1. The molecule has 0 aliphatic carbocycles. The lowest BCUT2D eigenvalue weighted by Crippen LogP contribution is -2.42. The molecule has 4 heterocycles. The van der Waals surface area contributed by atoms with E-state index in [1.807, 2.05) is 6.08 Å². The Hall–Kier alpha value is -3.66. The second kappa shape index (κ2) is 8.36. The van der Waals surface area contributed by atoms with E-state index in [-0.39, 0.29) is 12.0 Å². The van der Waals surface area contributed by atoms with E-state index in [1.165, 1.54) is 22.3 Å². The number of rotatable bonds is 1. The molecule has 33 heavy (non-hydrogen) atoms. The van der Waals surface area contributed by atoms with Gasteiger partial charge in [0.2, 0.25) is 5.69 Å². The number of allylic oxidation sites excluding steroid dienone is 2. The second-order valence-corrected chi connectivity index (χ2v) is 9.05. The number of ether oxygens (including phenoxy) is 1. The Kier molecular flexibility index (Phi) is 5.37. The predicted octanol–water partition coefficient (Wildman–Crippen LogP) is 5.13. The van der Waals surface area contributed by atoms with Crippen LogP contribution in [0.4, 0.5) is 0 Å². The van der Waals surface area contributed by atoms with Gasteiger partial charge in [-0.15, -0.1) is 0 Å². The number of pyridine rings is 1. The molecule has 0 saturated heterocycles. The normalized spacial score (nSPS) is 22.5. The summed E-state index contributed by atoms with van der Waals surface area (Å²) < 4.78 is 8.19. The van der Waals surface area contributed by atoms with Gasteiger partial charge in [-0.05, 0) is 49.1 Å². The highest BCUT2D eigenvalue weighted by molar-refractivity contribution is 6.10. The standard InChI is InChI=1S/C29H30N3O/c1-6-26-24-10-8-7-9-23(24)25-12-11-22-16-30-21(5)33-20(4)28(22)27-15-18(2)13-14-32(27)17-19(3)29(25)31-26/h6-10,13-15,25,29-30H,1,3-5,11-12,16-17H2,2H3/q+1. The molecule has 1 aromatic carbocycles. The fourth-order valence-corrected chi connectivity index (χ4v) is 5.28. The van der Waals surface area contributed by atoms with Gasteiger partial charge in [0.05, 0.1) is 17.3 Å². The van der Waals surface area contributed by atoms with Gasteiger partial charge in [-0.3, -0.25) is 4.99 Å². The Morgan fingerprint density at radius 3 is 2.82 bits per heavy atom.